The van der Waals surface area contributed by atoms with E-state index >= 15 is 0 Å². The second-order valence-corrected chi connectivity index (χ2v) is 7.27. The molecule has 122 valence electrons. The van der Waals surface area contributed by atoms with E-state index in [0.29, 0.717) is 28.0 Å². The maximum Gasteiger partial charge on any atom is 0.224 e. The molecule has 6 heteroatoms. The topological polar surface area (TPSA) is 29.1 Å². The number of benzene rings is 2. The standard InChI is InChI=1S/C17H16Cl3NOS/c18-13-4-1-3-12(9-13)10-17(22)21-7-8-23-11-14-15(19)5-2-6-16(14)20/h1-6,9H,7-8,10-11H2,(H,21,22). The van der Waals surface area contributed by atoms with Gasteiger partial charge < -0.3 is 5.32 Å². The lowest BCUT2D eigenvalue weighted by Crippen LogP contribution is -2.27. The molecule has 0 unspecified atom stereocenters. The van der Waals surface area contributed by atoms with E-state index in [4.69, 9.17) is 34.8 Å². The lowest BCUT2D eigenvalue weighted by molar-refractivity contribution is -0.120. The third-order valence-electron chi connectivity index (χ3n) is 3.13. The molecule has 0 fully saturated rings. The van der Waals surface area contributed by atoms with E-state index < -0.39 is 0 Å². The summed E-state index contributed by atoms with van der Waals surface area (Å²) in [6, 6.07) is 12.8. The van der Waals surface area contributed by atoms with Gasteiger partial charge >= 0.3 is 0 Å². The van der Waals surface area contributed by atoms with Crippen molar-refractivity contribution in [2.75, 3.05) is 12.3 Å². The number of amides is 1. The number of rotatable bonds is 7. The summed E-state index contributed by atoms with van der Waals surface area (Å²) < 4.78 is 0. The Bertz CT molecular complexity index is 658. The molecule has 0 saturated carbocycles. The minimum absolute atomic E-state index is 0.0105. The van der Waals surface area contributed by atoms with E-state index in [1.807, 2.05) is 30.3 Å². The number of hydrogen-bond acceptors (Lipinski definition) is 2. The molecule has 1 N–H and O–H groups in total. The Hall–Kier alpha value is -0.870. The summed E-state index contributed by atoms with van der Waals surface area (Å²) in [4.78, 5) is 11.9. The number of nitrogens with one attached hydrogen (secondary N) is 1. The normalized spacial score (nSPS) is 10.6. The molecule has 0 bridgehead atoms. The van der Waals surface area contributed by atoms with E-state index in [0.717, 1.165) is 22.6 Å². The maximum atomic E-state index is 11.9. The highest BCUT2D eigenvalue weighted by Crippen LogP contribution is 2.27. The van der Waals surface area contributed by atoms with Crippen molar-refractivity contribution in [1.82, 2.24) is 5.32 Å². The van der Waals surface area contributed by atoms with Crippen LogP contribution < -0.4 is 5.32 Å². The lowest BCUT2D eigenvalue weighted by atomic mass is 10.1. The van der Waals surface area contributed by atoms with Crippen LogP contribution in [-0.4, -0.2) is 18.2 Å². The molecule has 0 atom stereocenters. The zero-order chi connectivity index (χ0) is 16.7. The Morgan fingerprint density at radius 2 is 1.74 bits per heavy atom. The van der Waals surface area contributed by atoms with Gasteiger partial charge in [0.15, 0.2) is 0 Å². The van der Waals surface area contributed by atoms with Crippen LogP contribution in [0.15, 0.2) is 42.5 Å². The van der Waals surface area contributed by atoms with Crippen LogP contribution in [0.1, 0.15) is 11.1 Å². The van der Waals surface area contributed by atoms with Gasteiger partial charge in [0.05, 0.1) is 6.42 Å². The highest BCUT2D eigenvalue weighted by Gasteiger charge is 2.06. The second kappa shape index (κ2) is 9.43. The maximum absolute atomic E-state index is 11.9. The summed E-state index contributed by atoms with van der Waals surface area (Å²) in [6.07, 6.45) is 0.335. The summed E-state index contributed by atoms with van der Waals surface area (Å²) in [7, 11) is 0. The van der Waals surface area contributed by atoms with Crippen LogP contribution in [0.3, 0.4) is 0 Å². The van der Waals surface area contributed by atoms with Crippen LogP contribution in [0.4, 0.5) is 0 Å². The van der Waals surface area contributed by atoms with Crippen LogP contribution in [-0.2, 0) is 17.0 Å². The van der Waals surface area contributed by atoms with Crippen molar-refractivity contribution in [3.63, 3.8) is 0 Å². The Morgan fingerprint density at radius 3 is 2.43 bits per heavy atom. The summed E-state index contributed by atoms with van der Waals surface area (Å²) in [5, 5.41) is 4.89. The third-order valence-corrected chi connectivity index (χ3v) is 5.06. The van der Waals surface area contributed by atoms with Crippen molar-refractivity contribution in [3.05, 3.63) is 68.7 Å². The molecular weight excluding hydrogens is 373 g/mol. The van der Waals surface area contributed by atoms with Crippen molar-refractivity contribution in [2.24, 2.45) is 0 Å². The number of halogens is 3. The first-order valence-electron chi connectivity index (χ1n) is 7.08. The van der Waals surface area contributed by atoms with Gasteiger partial charge in [0, 0.05) is 33.1 Å². The van der Waals surface area contributed by atoms with E-state index in [2.05, 4.69) is 5.32 Å². The number of carbonyl (C=O) groups excluding carboxylic acids is 1. The van der Waals surface area contributed by atoms with E-state index in [1.165, 1.54) is 0 Å². The first kappa shape index (κ1) is 18.5. The summed E-state index contributed by atoms with van der Waals surface area (Å²) in [5.74, 6) is 1.51. The molecule has 2 rings (SSSR count). The van der Waals surface area contributed by atoms with Gasteiger partial charge in [0.2, 0.25) is 5.91 Å². The van der Waals surface area contributed by atoms with Crippen molar-refractivity contribution in [2.45, 2.75) is 12.2 Å². The fraction of sp³-hybridized carbons (Fsp3) is 0.235. The number of hydrogen-bond donors (Lipinski definition) is 1. The molecule has 0 aliphatic carbocycles. The summed E-state index contributed by atoms with van der Waals surface area (Å²) in [5.41, 5.74) is 1.84. The molecule has 2 nitrogen and oxygen atoms in total. The van der Waals surface area contributed by atoms with Gasteiger partial charge in [0.1, 0.15) is 0 Å². The SMILES string of the molecule is O=C(Cc1cccc(Cl)c1)NCCSCc1c(Cl)cccc1Cl. The zero-order valence-corrected chi connectivity index (χ0v) is 15.4. The van der Waals surface area contributed by atoms with Gasteiger partial charge in [0.25, 0.3) is 0 Å². The minimum atomic E-state index is -0.0105. The van der Waals surface area contributed by atoms with E-state index in [1.54, 1.807) is 23.9 Å². The van der Waals surface area contributed by atoms with Crippen LogP contribution in [0, 0.1) is 0 Å². The molecule has 0 aliphatic heterocycles. The molecule has 0 radical (unpaired) electrons. The molecule has 0 saturated heterocycles. The molecular formula is C17H16Cl3NOS. The summed E-state index contributed by atoms with van der Waals surface area (Å²) >= 11 is 19.8. The van der Waals surface area contributed by atoms with Crippen molar-refractivity contribution in [3.8, 4) is 0 Å². The largest absolute Gasteiger partial charge is 0.355 e. The smallest absolute Gasteiger partial charge is 0.224 e. The van der Waals surface area contributed by atoms with E-state index in [-0.39, 0.29) is 5.91 Å². The Labute approximate surface area is 155 Å². The third kappa shape index (κ3) is 6.27. The first-order chi connectivity index (χ1) is 11.1. The lowest BCUT2D eigenvalue weighted by Gasteiger charge is -2.08. The van der Waals surface area contributed by atoms with Gasteiger partial charge in [-0.15, -0.1) is 0 Å². The van der Waals surface area contributed by atoms with Crippen molar-refractivity contribution in [1.29, 1.82) is 0 Å². The fourth-order valence-corrected chi connectivity index (χ4v) is 3.81. The van der Waals surface area contributed by atoms with Gasteiger partial charge in [-0.3, -0.25) is 4.79 Å². The van der Waals surface area contributed by atoms with Crippen LogP contribution >= 0.6 is 46.6 Å². The quantitative estimate of drug-likeness (QED) is 0.657. The fourth-order valence-electron chi connectivity index (χ4n) is 2.00. The highest BCUT2D eigenvalue weighted by molar-refractivity contribution is 7.98. The predicted octanol–water partition coefficient (Wildman–Crippen LogP) is 5.24. The Kier molecular flexibility index (Phi) is 7.57. The molecule has 1 amide bonds. The van der Waals surface area contributed by atoms with Crippen molar-refractivity contribution >= 4 is 52.5 Å². The second-order valence-electron chi connectivity index (χ2n) is 4.91. The minimum Gasteiger partial charge on any atom is -0.355 e. The average Bonchev–Trinajstić information content (AvgIpc) is 2.49. The average molecular weight is 389 g/mol. The molecule has 2 aromatic rings. The monoisotopic (exact) mass is 387 g/mol. The molecule has 0 heterocycles. The zero-order valence-electron chi connectivity index (χ0n) is 12.3. The van der Waals surface area contributed by atoms with Gasteiger partial charge in [-0.2, -0.15) is 11.8 Å². The highest BCUT2D eigenvalue weighted by atomic mass is 35.5. The molecule has 0 spiro atoms. The molecule has 23 heavy (non-hydrogen) atoms. The summed E-state index contributed by atoms with van der Waals surface area (Å²) in [6.45, 7) is 0.603. The van der Waals surface area contributed by atoms with E-state index in [9.17, 15) is 4.79 Å². The van der Waals surface area contributed by atoms with Gasteiger partial charge in [-0.25, -0.2) is 0 Å². The van der Waals surface area contributed by atoms with Gasteiger partial charge in [-0.1, -0.05) is 53.0 Å². The molecule has 0 aromatic heterocycles. The number of thioether (sulfide) groups is 1. The predicted molar refractivity (Wildman–Crippen MR) is 101 cm³/mol. The van der Waals surface area contributed by atoms with Gasteiger partial charge in [-0.05, 0) is 35.4 Å². The van der Waals surface area contributed by atoms with Crippen LogP contribution in [0.5, 0.6) is 0 Å². The van der Waals surface area contributed by atoms with Crippen molar-refractivity contribution < 1.29 is 4.79 Å². The molecule has 2 aromatic carbocycles. The Balaban J connectivity index is 1.68. The van der Waals surface area contributed by atoms with Crippen LogP contribution in [0.25, 0.3) is 0 Å². The Morgan fingerprint density at radius 1 is 1.04 bits per heavy atom. The van der Waals surface area contributed by atoms with Crippen LogP contribution in [0.2, 0.25) is 15.1 Å². The first-order valence-corrected chi connectivity index (χ1v) is 9.37. The molecule has 0 aliphatic rings. The number of carbonyl (C=O) groups is 1.